The van der Waals surface area contributed by atoms with Crippen LogP contribution < -0.4 is 5.32 Å². The van der Waals surface area contributed by atoms with Crippen molar-refractivity contribution in [3.8, 4) is 5.69 Å². The highest BCUT2D eigenvalue weighted by molar-refractivity contribution is 9.10. The Hall–Kier alpha value is -2.22. The SMILES string of the molecule is COCCCN1C(=S)NC(c2ccccn2)C1c1cccn1-c1cccc(Br)c1. The Morgan fingerprint density at radius 1 is 1.17 bits per heavy atom. The summed E-state index contributed by atoms with van der Waals surface area (Å²) < 4.78 is 8.54. The van der Waals surface area contributed by atoms with Gasteiger partial charge in [-0.15, -0.1) is 0 Å². The second kappa shape index (κ2) is 9.07. The van der Waals surface area contributed by atoms with Crippen LogP contribution in [0.2, 0.25) is 0 Å². The summed E-state index contributed by atoms with van der Waals surface area (Å²) in [5.74, 6) is 0. The molecule has 0 radical (unpaired) electrons. The molecule has 2 unspecified atom stereocenters. The van der Waals surface area contributed by atoms with Crippen molar-refractivity contribution in [3.63, 3.8) is 0 Å². The number of ether oxygens (including phenoxy) is 1. The number of thiocarbonyl (C=S) groups is 1. The topological polar surface area (TPSA) is 42.3 Å². The summed E-state index contributed by atoms with van der Waals surface area (Å²) in [7, 11) is 1.73. The Bertz CT molecular complexity index is 978. The van der Waals surface area contributed by atoms with Gasteiger partial charge in [-0.3, -0.25) is 4.98 Å². The van der Waals surface area contributed by atoms with Crippen LogP contribution >= 0.6 is 28.1 Å². The molecule has 0 saturated carbocycles. The van der Waals surface area contributed by atoms with E-state index in [0.29, 0.717) is 6.61 Å². The van der Waals surface area contributed by atoms with E-state index in [9.17, 15) is 0 Å². The summed E-state index contributed by atoms with van der Waals surface area (Å²) in [5, 5.41) is 4.26. The molecular weight excluding hydrogens is 448 g/mol. The molecule has 2 atom stereocenters. The van der Waals surface area contributed by atoms with Gasteiger partial charge in [-0.25, -0.2) is 0 Å². The van der Waals surface area contributed by atoms with E-state index in [0.717, 1.165) is 33.9 Å². The van der Waals surface area contributed by atoms with Crippen LogP contribution in [-0.4, -0.2) is 39.8 Å². The molecule has 1 fully saturated rings. The molecule has 0 bridgehead atoms. The summed E-state index contributed by atoms with van der Waals surface area (Å²) in [6.45, 7) is 1.52. The van der Waals surface area contributed by atoms with Crippen molar-refractivity contribution in [1.29, 1.82) is 0 Å². The molecule has 150 valence electrons. The van der Waals surface area contributed by atoms with Gasteiger partial charge in [-0.2, -0.15) is 0 Å². The van der Waals surface area contributed by atoms with E-state index in [1.807, 2.05) is 30.5 Å². The van der Waals surface area contributed by atoms with Crippen LogP contribution in [0.5, 0.6) is 0 Å². The summed E-state index contributed by atoms with van der Waals surface area (Å²) in [4.78, 5) is 6.87. The molecule has 2 aromatic heterocycles. The number of halogens is 1. The number of pyridine rings is 1. The second-order valence-electron chi connectivity index (χ2n) is 6.95. The monoisotopic (exact) mass is 470 g/mol. The van der Waals surface area contributed by atoms with Gasteiger partial charge >= 0.3 is 0 Å². The normalized spacial score (nSPS) is 18.8. The molecule has 3 heterocycles. The van der Waals surface area contributed by atoms with Gasteiger partial charge in [0.25, 0.3) is 0 Å². The molecule has 1 aliphatic rings. The lowest BCUT2D eigenvalue weighted by atomic mass is 10.0. The van der Waals surface area contributed by atoms with E-state index in [1.165, 1.54) is 5.69 Å². The lowest BCUT2D eigenvalue weighted by Gasteiger charge is -2.29. The van der Waals surface area contributed by atoms with E-state index in [2.05, 4.69) is 72.2 Å². The third-order valence-corrected chi connectivity index (χ3v) is 5.96. The Morgan fingerprint density at radius 2 is 2.07 bits per heavy atom. The number of hydrogen-bond acceptors (Lipinski definition) is 3. The number of benzene rings is 1. The average molecular weight is 471 g/mol. The molecule has 1 aliphatic heterocycles. The number of hydrogen-bond donors (Lipinski definition) is 1. The zero-order valence-corrected chi connectivity index (χ0v) is 18.6. The van der Waals surface area contributed by atoms with Crippen LogP contribution in [0.1, 0.15) is 29.9 Å². The van der Waals surface area contributed by atoms with Crippen LogP contribution in [0.15, 0.2) is 71.5 Å². The van der Waals surface area contributed by atoms with E-state index in [1.54, 1.807) is 7.11 Å². The fourth-order valence-electron chi connectivity index (χ4n) is 3.84. The zero-order valence-electron chi connectivity index (χ0n) is 16.2. The number of methoxy groups -OCH3 is 1. The smallest absolute Gasteiger partial charge is 0.170 e. The van der Waals surface area contributed by atoms with Crippen molar-refractivity contribution in [2.24, 2.45) is 0 Å². The van der Waals surface area contributed by atoms with Crippen LogP contribution in [0.3, 0.4) is 0 Å². The fourth-order valence-corrected chi connectivity index (χ4v) is 4.56. The number of aromatic nitrogens is 2. The van der Waals surface area contributed by atoms with Gasteiger partial charge in [-0.1, -0.05) is 28.1 Å². The van der Waals surface area contributed by atoms with Crippen LogP contribution in [-0.2, 0) is 4.74 Å². The average Bonchev–Trinajstić information content (AvgIpc) is 3.33. The van der Waals surface area contributed by atoms with Gasteiger partial charge in [0.05, 0.1) is 17.8 Å². The molecule has 1 aromatic carbocycles. The van der Waals surface area contributed by atoms with E-state index in [-0.39, 0.29) is 12.1 Å². The quantitative estimate of drug-likeness (QED) is 0.402. The Balaban J connectivity index is 1.76. The van der Waals surface area contributed by atoms with Gasteiger partial charge < -0.3 is 19.5 Å². The van der Waals surface area contributed by atoms with E-state index in [4.69, 9.17) is 17.0 Å². The summed E-state index contributed by atoms with van der Waals surface area (Å²) in [6.07, 6.45) is 4.83. The first-order valence-electron chi connectivity index (χ1n) is 9.59. The zero-order chi connectivity index (χ0) is 20.2. The molecule has 0 spiro atoms. The lowest BCUT2D eigenvalue weighted by Crippen LogP contribution is -2.32. The Labute approximate surface area is 184 Å². The lowest BCUT2D eigenvalue weighted by molar-refractivity contribution is 0.180. The maximum atomic E-state index is 5.73. The molecule has 7 heteroatoms. The van der Waals surface area contributed by atoms with E-state index >= 15 is 0 Å². The minimum Gasteiger partial charge on any atom is -0.385 e. The molecule has 4 rings (SSSR count). The Morgan fingerprint density at radius 3 is 2.83 bits per heavy atom. The van der Waals surface area contributed by atoms with Gasteiger partial charge in [0.2, 0.25) is 0 Å². The summed E-state index contributed by atoms with van der Waals surface area (Å²) in [5.41, 5.74) is 3.26. The van der Waals surface area contributed by atoms with Crippen LogP contribution in [0, 0.1) is 0 Å². The minimum absolute atomic E-state index is 0.0213. The third-order valence-electron chi connectivity index (χ3n) is 5.11. The summed E-state index contributed by atoms with van der Waals surface area (Å²) >= 11 is 9.32. The first-order valence-corrected chi connectivity index (χ1v) is 10.8. The molecule has 3 aromatic rings. The van der Waals surface area contributed by atoms with Crippen LogP contribution in [0.4, 0.5) is 0 Å². The standard InChI is InChI=1S/C22H23BrN4OS/c1-28-14-6-13-27-21(20(25-22(27)29)18-9-2-3-11-24-18)19-10-5-12-26(19)17-8-4-7-16(23)15-17/h2-5,7-12,15,20-21H,6,13-14H2,1H3,(H,25,29). The molecular formula is C22H23BrN4OS. The van der Waals surface area contributed by atoms with Crippen molar-refractivity contribution in [2.75, 3.05) is 20.3 Å². The summed E-state index contributed by atoms with van der Waals surface area (Å²) in [6, 6.07) is 18.6. The predicted octanol–water partition coefficient (Wildman–Crippen LogP) is 4.64. The number of nitrogens with one attached hydrogen (secondary N) is 1. The molecule has 29 heavy (non-hydrogen) atoms. The molecule has 0 aliphatic carbocycles. The van der Waals surface area contributed by atoms with Crippen molar-refractivity contribution in [3.05, 3.63) is 82.9 Å². The fraction of sp³-hybridized carbons (Fsp3) is 0.273. The molecule has 0 amide bonds. The van der Waals surface area contributed by atoms with Crippen LogP contribution in [0.25, 0.3) is 5.69 Å². The van der Waals surface area contributed by atoms with Gasteiger partial charge in [-0.05, 0) is 61.1 Å². The largest absolute Gasteiger partial charge is 0.385 e. The Kier molecular flexibility index (Phi) is 6.28. The van der Waals surface area contributed by atoms with Crippen molar-refractivity contribution in [1.82, 2.24) is 19.8 Å². The predicted molar refractivity (Wildman–Crippen MR) is 122 cm³/mol. The third kappa shape index (κ3) is 4.22. The highest BCUT2D eigenvalue weighted by atomic mass is 79.9. The van der Waals surface area contributed by atoms with Crippen molar-refractivity contribution in [2.45, 2.75) is 18.5 Å². The van der Waals surface area contributed by atoms with Gasteiger partial charge in [0.1, 0.15) is 0 Å². The highest BCUT2D eigenvalue weighted by Crippen LogP contribution is 2.39. The van der Waals surface area contributed by atoms with Crippen molar-refractivity contribution >= 4 is 33.3 Å². The molecule has 1 saturated heterocycles. The van der Waals surface area contributed by atoms with Gasteiger partial charge in [0.15, 0.2) is 5.11 Å². The van der Waals surface area contributed by atoms with Crippen molar-refractivity contribution < 1.29 is 4.74 Å². The maximum absolute atomic E-state index is 5.73. The minimum atomic E-state index is -0.0213. The number of nitrogens with zero attached hydrogens (tertiary/aromatic N) is 3. The van der Waals surface area contributed by atoms with E-state index < -0.39 is 0 Å². The number of rotatable bonds is 7. The highest BCUT2D eigenvalue weighted by Gasteiger charge is 2.40. The van der Waals surface area contributed by atoms with Gasteiger partial charge in [0, 0.05) is 48.5 Å². The first kappa shape index (κ1) is 20.1. The first-order chi connectivity index (χ1) is 14.2. The maximum Gasteiger partial charge on any atom is 0.170 e. The molecule has 5 nitrogen and oxygen atoms in total. The molecule has 1 N–H and O–H groups in total. The second-order valence-corrected chi connectivity index (χ2v) is 8.25.